The van der Waals surface area contributed by atoms with Gasteiger partial charge in [0.05, 0.1) is 10.6 Å². The first-order chi connectivity index (χ1) is 15.2. The van der Waals surface area contributed by atoms with Crippen LogP contribution in [0.15, 0.2) is 24.3 Å². The van der Waals surface area contributed by atoms with Crippen molar-refractivity contribution in [3.63, 3.8) is 0 Å². The molecule has 0 saturated heterocycles. The molecule has 0 radical (unpaired) electrons. The van der Waals surface area contributed by atoms with Crippen molar-refractivity contribution in [2.24, 2.45) is 17.8 Å². The van der Waals surface area contributed by atoms with Crippen LogP contribution < -0.4 is 5.32 Å². The highest BCUT2D eigenvalue weighted by atomic mass is 32.1. The Hall–Kier alpha value is -2.42. The Bertz CT molecular complexity index is 1170. The van der Waals surface area contributed by atoms with Crippen LogP contribution in [0.2, 0.25) is 0 Å². The number of halogens is 3. The van der Waals surface area contributed by atoms with Crippen molar-refractivity contribution in [2.45, 2.75) is 58.2 Å². The number of hydrogen-bond acceptors (Lipinski definition) is 4. The van der Waals surface area contributed by atoms with Gasteiger partial charge in [0.2, 0.25) is 0 Å². The Morgan fingerprint density at radius 1 is 1.28 bits per heavy atom. The molecular weight excluding hydrogens is 437 g/mol. The van der Waals surface area contributed by atoms with Crippen LogP contribution >= 0.6 is 11.3 Å². The third-order valence-corrected chi connectivity index (χ3v) is 8.26. The summed E-state index contributed by atoms with van der Waals surface area (Å²) in [4.78, 5) is 19.0. The van der Waals surface area contributed by atoms with Crippen LogP contribution in [0.1, 0.15) is 60.6 Å². The zero-order chi connectivity index (χ0) is 22.6. The molecule has 9 heteroatoms. The average molecular weight is 463 g/mol. The maximum Gasteiger partial charge on any atom is 0.433 e. The largest absolute Gasteiger partial charge is 0.433 e. The van der Waals surface area contributed by atoms with Crippen molar-refractivity contribution in [3.8, 4) is 10.6 Å². The summed E-state index contributed by atoms with van der Waals surface area (Å²) in [5.74, 6) is 1.36. The number of hydrogen-bond donors (Lipinski definition) is 1. The molecule has 2 saturated carbocycles. The molecule has 2 bridgehead atoms. The molecule has 4 atom stereocenters. The van der Waals surface area contributed by atoms with Crippen LogP contribution in [0.4, 0.5) is 13.2 Å². The molecule has 0 aliphatic heterocycles. The molecule has 170 valence electrons. The Labute approximate surface area is 188 Å². The highest BCUT2D eigenvalue weighted by Gasteiger charge is 2.42. The van der Waals surface area contributed by atoms with E-state index in [9.17, 15) is 18.0 Å². The van der Waals surface area contributed by atoms with E-state index in [-0.39, 0.29) is 23.1 Å². The summed E-state index contributed by atoms with van der Waals surface area (Å²) in [5.41, 5.74) is -0.740. The molecule has 0 aromatic carbocycles. The summed E-state index contributed by atoms with van der Waals surface area (Å²) in [5, 5.41) is 6.97. The first-order valence-corrected chi connectivity index (χ1v) is 11.9. The van der Waals surface area contributed by atoms with Crippen LogP contribution in [0, 0.1) is 17.8 Å². The van der Waals surface area contributed by atoms with Gasteiger partial charge < -0.3 is 5.32 Å². The summed E-state index contributed by atoms with van der Waals surface area (Å²) in [6, 6.07) is 5.99. The van der Waals surface area contributed by atoms with E-state index in [1.54, 1.807) is 6.07 Å². The number of alkyl halides is 3. The number of nitrogens with one attached hydrogen (secondary N) is 1. The molecule has 32 heavy (non-hydrogen) atoms. The van der Waals surface area contributed by atoms with Crippen LogP contribution in [-0.4, -0.2) is 26.5 Å². The van der Waals surface area contributed by atoms with Crippen molar-refractivity contribution in [2.75, 3.05) is 0 Å². The Morgan fingerprint density at radius 2 is 2.09 bits per heavy atom. The molecular formula is C23H25F3N4OS. The number of thiophene rings is 1. The zero-order valence-electron chi connectivity index (χ0n) is 17.9. The molecule has 0 spiro atoms. The first kappa shape index (κ1) is 21.4. The van der Waals surface area contributed by atoms with Gasteiger partial charge in [0, 0.05) is 17.0 Å². The number of amides is 1. The number of aromatic nitrogens is 3. The Morgan fingerprint density at radius 3 is 2.72 bits per heavy atom. The van der Waals surface area contributed by atoms with Crippen molar-refractivity contribution in [1.82, 2.24) is 19.9 Å². The van der Waals surface area contributed by atoms with E-state index in [1.807, 2.05) is 19.9 Å². The first-order valence-electron chi connectivity index (χ1n) is 11.1. The lowest BCUT2D eigenvalue weighted by atomic mass is 9.84. The minimum absolute atomic E-state index is 0.0130. The smallest absolute Gasteiger partial charge is 0.348 e. The van der Waals surface area contributed by atoms with Gasteiger partial charge in [0.15, 0.2) is 17.0 Å². The van der Waals surface area contributed by atoms with E-state index in [4.69, 9.17) is 0 Å². The second-order valence-electron chi connectivity index (χ2n) is 9.04. The van der Waals surface area contributed by atoms with Crippen molar-refractivity contribution >= 4 is 22.9 Å². The van der Waals surface area contributed by atoms with Crippen LogP contribution in [0.25, 0.3) is 16.2 Å². The normalized spacial score (nSPS) is 23.7. The third kappa shape index (κ3) is 3.80. The fraction of sp³-hybridized carbons (Fsp3) is 0.522. The van der Waals surface area contributed by atoms with Crippen molar-refractivity contribution in [3.05, 3.63) is 40.5 Å². The van der Waals surface area contributed by atoms with Gasteiger partial charge in [-0.2, -0.15) is 18.3 Å². The molecule has 2 fully saturated rings. The molecule has 3 aromatic heterocycles. The molecule has 2 aliphatic rings. The summed E-state index contributed by atoms with van der Waals surface area (Å²) in [6.07, 6.45) is 0.985. The summed E-state index contributed by atoms with van der Waals surface area (Å²) >= 11 is 1.42. The standard InChI is InChI=1S/C23H25F3N4OS/c1-3-15-6-7-19(32-15)17-10-20(23(24,25)26)30-21(28-17)11-18(29-30)22(31)27-12(2)16-9-13-4-5-14(16)8-13/h6-7,10-14,16H,3-5,8-9H2,1-2H3,(H,27,31)/t12-,13+,14+,16+/m0/s1. The van der Waals surface area contributed by atoms with Gasteiger partial charge in [-0.3, -0.25) is 4.79 Å². The van der Waals surface area contributed by atoms with Crippen LogP contribution in [0.5, 0.6) is 0 Å². The molecule has 5 nitrogen and oxygen atoms in total. The van der Waals surface area contributed by atoms with Crippen molar-refractivity contribution < 1.29 is 18.0 Å². The molecule has 1 N–H and O–H groups in total. The quantitative estimate of drug-likeness (QED) is 0.537. The lowest BCUT2D eigenvalue weighted by Gasteiger charge is -2.28. The SMILES string of the molecule is CCc1ccc(-c2cc(C(F)(F)F)n3nc(C(=O)N[C@@H](C)[C@H]4C[C@@H]5CC[C@@H]4C5)cc3n2)s1. The lowest BCUT2D eigenvalue weighted by Crippen LogP contribution is -2.40. The van der Waals surface area contributed by atoms with E-state index in [0.29, 0.717) is 16.7 Å². The van der Waals surface area contributed by atoms with Crippen LogP contribution in [-0.2, 0) is 12.6 Å². The Kier molecular flexibility index (Phi) is 5.27. The molecule has 3 aromatic rings. The molecule has 0 unspecified atom stereocenters. The van der Waals surface area contributed by atoms with Crippen LogP contribution in [0.3, 0.4) is 0 Å². The summed E-state index contributed by atoms with van der Waals surface area (Å²) in [7, 11) is 0. The highest BCUT2D eigenvalue weighted by molar-refractivity contribution is 7.15. The van der Waals surface area contributed by atoms with E-state index in [2.05, 4.69) is 15.4 Å². The maximum absolute atomic E-state index is 13.8. The minimum atomic E-state index is -4.63. The fourth-order valence-corrected chi connectivity index (χ4v) is 6.32. The predicted molar refractivity (Wildman–Crippen MR) is 117 cm³/mol. The fourth-order valence-electron chi connectivity index (χ4n) is 5.41. The lowest BCUT2D eigenvalue weighted by molar-refractivity contribution is -0.142. The maximum atomic E-state index is 13.8. The number of nitrogens with zero attached hydrogens (tertiary/aromatic N) is 3. The van der Waals surface area contributed by atoms with Gasteiger partial charge in [-0.05, 0) is 68.6 Å². The number of fused-ring (bicyclic) bond motifs is 3. The van der Waals surface area contributed by atoms with Gasteiger partial charge in [0.1, 0.15) is 0 Å². The third-order valence-electron chi connectivity index (χ3n) is 7.01. The predicted octanol–water partition coefficient (Wildman–Crippen LogP) is 5.59. The van der Waals surface area contributed by atoms with Gasteiger partial charge in [-0.25, -0.2) is 9.50 Å². The molecule has 2 aliphatic carbocycles. The Balaban J connectivity index is 1.46. The monoisotopic (exact) mass is 462 g/mol. The number of aryl methyl sites for hydroxylation is 1. The van der Waals surface area contributed by atoms with E-state index < -0.39 is 17.8 Å². The second-order valence-corrected chi connectivity index (χ2v) is 10.2. The van der Waals surface area contributed by atoms with Crippen molar-refractivity contribution in [1.29, 1.82) is 0 Å². The zero-order valence-corrected chi connectivity index (χ0v) is 18.8. The van der Waals surface area contributed by atoms with Gasteiger partial charge in [0.25, 0.3) is 5.91 Å². The van der Waals surface area contributed by atoms with E-state index in [1.165, 1.54) is 36.7 Å². The van der Waals surface area contributed by atoms with Gasteiger partial charge in [-0.1, -0.05) is 13.3 Å². The minimum Gasteiger partial charge on any atom is -0.348 e. The number of rotatable bonds is 5. The van der Waals surface area contributed by atoms with E-state index in [0.717, 1.165) is 34.2 Å². The number of carbonyl (C=O) groups excluding carboxylic acids is 1. The number of carbonyl (C=O) groups is 1. The molecule has 5 rings (SSSR count). The second kappa shape index (κ2) is 7.86. The molecule has 3 heterocycles. The van der Waals surface area contributed by atoms with Gasteiger partial charge >= 0.3 is 6.18 Å². The molecule has 1 amide bonds. The summed E-state index contributed by atoms with van der Waals surface area (Å²) in [6.45, 7) is 3.98. The van der Waals surface area contributed by atoms with Gasteiger partial charge in [-0.15, -0.1) is 11.3 Å². The average Bonchev–Trinajstić information content (AvgIpc) is 3.54. The summed E-state index contributed by atoms with van der Waals surface area (Å²) < 4.78 is 42.2. The highest BCUT2D eigenvalue weighted by Crippen LogP contribution is 2.49. The van der Waals surface area contributed by atoms with E-state index >= 15 is 0 Å². The topological polar surface area (TPSA) is 59.3 Å².